The van der Waals surface area contributed by atoms with Crippen molar-refractivity contribution in [3.63, 3.8) is 0 Å². The fourth-order valence-electron chi connectivity index (χ4n) is 5.45. The van der Waals surface area contributed by atoms with Crippen LogP contribution in [-0.2, 0) is 0 Å². The van der Waals surface area contributed by atoms with Gasteiger partial charge in [0.25, 0.3) is 11.8 Å². The first-order valence-corrected chi connectivity index (χ1v) is 14.1. The highest BCUT2D eigenvalue weighted by atomic mass is 19.1. The third-order valence-corrected chi connectivity index (χ3v) is 7.73. The Morgan fingerprint density at radius 2 is 1.46 bits per heavy atom. The minimum Gasteiger partial charge on any atom is -0.507 e. The van der Waals surface area contributed by atoms with Gasteiger partial charge in [0.15, 0.2) is 11.6 Å². The Kier molecular flexibility index (Phi) is 8.88. The molecule has 0 saturated carbocycles. The molecule has 2 atom stereocenters. The molecule has 1 aromatic heterocycles. The number of amides is 2. The van der Waals surface area contributed by atoms with Crippen LogP contribution in [0.15, 0.2) is 60.9 Å². The molecule has 2 aromatic carbocycles. The lowest BCUT2D eigenvalue weighted by Crippen LogP contribution is -2.54. The van der Waals surface area contributed by atoms with Crippen molar-refractivity contribution in [3.05, 3.63) is 89.0 Å². The van der Waals surface area contributed by atoms with Gasteiger partial charge in [0.2, 0.25) is 0 Å². The maximum atomic E-state index is 15.5. The number of anilines is 1. The number of nitrogens with one attached hydrogen (secondary N) is 3. The quantitative estimate of drug-likeness (QED) is 0.327. The van der Waals surface area contributed by atoms with E-state index in [0.717, 1.165) is 32.2 Å². The first-order chi connectivity index (χ1) is 19.9. The van der Waals surface area contributed by atoms with E-state index >= 15 is 4.39 Å². The number of carbonyl (C=O) groups is 3. The maximum Gasteiger partial charge on any atom is 0.251 e. The third-order valence-electron chi connectivity index (χ3n) is 7.73. The minimum absolute atomic E-state index is 0.160. The van der Waals surface area contributed by atoms with Crippen molar-refractivity contribution in [2.24, 2.45) is 0 Å². The number of phenolic OH excluding ortho intramolecular Hbond substituents is 1. The monoisotopic (exact) mass is 559 g/mol. The molecular formula is C31H34FN5O4. The van der Waals surface area contributed by atoms with Crippen LogP contribution in [0, 0.1) is 5.82 Å². The number of aromatic hydroxyl groups is 1. The number of nitrogens with zero attached hydrogens (tertiary/aromatic N) is 2. The predicted molar refractivity (Wildman–Crippen MR) is 153 cm³/mol. The Bertz CT molecular complexity index is 1390. The van der Waals surface area contributed by atoms with Crippen LogP contribution in [0.2, 0.25) is 0 Å². The third kappa shape index (κ3) is 6.54. The molecule has 9 nitrogen and oxygen atoms in total. The molecule has 2 aliphatic heterocycles. The van der Waals surface area contributed by atoms with Gasteiger partial charge in [-0.1, -0.05) is 12.1 Å². The summed E-state index contributed by atoms with van der Waals surface area (Å²) in [5, 5.41) is 19.7. The molecule has 0 bridgehead atoms. The van der Waals surface area contributed by atoms with E-state index < -0.39 is 17.3 Å². The topological polar surface area (TPSA) is 124 Å². The largest absolute Gasteiger partial charge is 0.507 e. The number of hydrogen-bond donors (Lipinski definition) is 4. The van der Waals surface area contributed by atoms with Gasteiger partial charge in [0, 0.05) is 48.7 Å². The van der Waals surface area contributed by atoms with E-state index in [-0.39, 0.29) is 35.0 Å². The number of ketones is 1. The summed E-state index contributed by atoms with van der Waals surface area (Å²) in [6.45, 7) is 2.67. The zero-order valence-corrected chi connectivity index (χ0v) is 22.7. The van der Waals surface area contributed by atoms with Crippen molar-refractivity contribution < 1.29 is 23.9 Å². The Balaban J connectivity index is 1.28. The van der Waals surface area contributed by atoms with Crippen LogP contribution in [0.25, 0.3) is 0 Å². The van der Waals surface area contributed by atoms with Crippen LogP contribution < -0.4 is 20.9 Å². The lowest BCUT2D eigenvalue weighted by atomic mass is 9.98. The second-order valence-corrected chi connectivity index (χ2v) is 10.5. The van der Waals surface area contributed by atoms with Crippen LogP contribution >= 0.6 is 0 Å². The number of carbonyl (C=O) groups excluding carboxylic acids is 3. The molecule has 0 spiro atoms. The van der Waals surface area contributed by atoms with Crippen molar-refractivity contribution in [2.75, 3.05) is 31.1 Å². The smallest absolute Gasteiger partial charge is 0.251 e. The van der Waals surface area contributed by atoms with E-state index in [2.05, 4.69) is 20.9 Å². The van der Waals surface area contributed by atoms with Crippen LogP contribution in [0.5, 0.6) is 5.75 Å². The van der Waals surface area contributed by atoms with Gasteiger partial charge in [-0.15, -0.1) is 0 Å². The summed E-state index contributed by atoms with van der Waals surface area (Å²) in [6.07, 6.45) is 7.57. The highest BCUT2D eigenvalue weighted by Gasteiger charge is 2.28. The van der Waals surface area contributed by atoms with Crippen LogP contribution in [0.3, 0.4) is 0 Å². The van der Waals surface area contributed by atoms with Gasteiger partial charge in [-0.3, -0.25) is 19.4 Å². The molecule has 41 heavy (non-hydrogen) atoms. The molecule has 214 valence electrons. The van der Waals surface area contributed by atoms with Crippen molar-refractivity contribution >= 4 is 23.3 Å². The summed E-state index contributed by atoms with van der Waals surface area (Å²) < 4.78 is 15.5. The van der Waals surface area contributed by atoms with E-state index in [1.807, 2.05) is 4.90 Å². The number of phenols is 1. The highest BCUT2D eigenvalue weighted by molar-refractivity contribution is 6.11. The molecule has 2 aliphatic rings. The fourth-order valence-corrected chi connectivity index (χ4v) is 5.45. The fraction of sp³-hybridized carbons (Fsp3) is 0.355. The SMILES string of the molecule is O=C(N[C@@H]1CCCNC[C@H]1NC(=O)c1ccncc1)c1ccc(C(=O)c2c(O)ccc(N3CCCCC3)c2F)cc1. The molecule has 2 amide bonds. The molecule has 3 heterocycles. The van der Waals surface area contributed by atoms with Gasteiger partial charge in [0.05, 0.1) is 17.8 Å². The molecule has 10 heteroatoms. The number of aromatic nitrogens is 1. The Morgan fingerprint density at radius 3 is 2.17 bits per heavy atom. The number of pyridine rings is 1. The average Bonchev–Trinajstić information content (AvgIpc) is 3.22. The zero-order valence-electron chi connectivity index (χ0n) is 22.7. The van der Waals surface area contributed by atoms with Gasteiger partial charge < -0.3 is 26.0 Å². The lowest BCUT2D eigenvalue weighted by molar-refractivity contribution is 0.0882. The molecule has 0 unspecified atom stereocenters. The maximum absolute atomic E-state index is 15.5. The molecule has 2 saturated heterocycles. The predicted octanol–water partition coefficient (Wildman–Crippen LogP) is 3.43. The van der Waals surface area contributed by atoms with Crippen LogP contribution in [0.1, 0.15) is 68.7 Å². The first kappa shape index (κ1) is 28.2. The zero-order chi connectivity index (χ0) is 28.8. The lowest BCUT2D eigenvalue weighted by Gasteiger charge is -2.29. The summed E-state index contributed by atoms with van der Waals surface area (Å²) >= 11 is 0. The standard InChI is InChI=1S/C31H34FN5O4/c32-28-25(37-17-2-1-3-18-37)10-11-26(38)27(28)29(39)20-6-8-21(9-7-20)30(40)35-23-5-4-14-34-19-24(23)36-31(41)22-12-15-33-16-13-22/h6-13,15-16,23-24,34,38H,1-5,14,17-19H2,(H,35,40)(H,36,41)/t23-,24-/m1/s1. The second-order valence-electron chi connectivity index (χ2n) is 10.5. The number of rotatable bonds is 7. The van der Waals surface area contributed by atoms with Crippen LogP contribution in [-0.4, -0.2) is 66.0 Å². The summed E-state index contributed by atoms with van der Waals surface area (Å²) in [5.74, 6) is -2.40. The Hall–Kier alpha value is -4.31. The van der Waals surface area contributed by atoms with Gasteiger partial charge in [-0.25, -0.2) is 4.39 Å². The molecule has 0 radical (unpaired) electrons. The first-order valence-electron chi connectivity index (χ1n) is 14.1. The van der Waals surface area contributed by atoms with Crippen LogP contribution in [0.4, 0.5) is 10.1 Å². The van der Waals surface area contributed by atoms with Gasteiger partial charge in [0.1, 0.15) is 11.3 Å². The second kappa shape index (κ2) is 12.9. The molecule has 2 fully saturated rings. The molecule has 4 N–H and O–H groups in total. The number of benzene rings is 2. The number of piperidine rings is 1. The van der Waals surface area contributed by atoms with E-state index in [1.165, 1.54) is 36.4 Å². The van der Waals surface area contributed by atoms with E-state index in [0.29, 0.717) is 42.9 Å². The summed E-state index contributed by atoms with van der Waals surface area (Å²) in [4.78, 5) is 45.0. The average molecular weight is 560 g/mol. The van der Waals surface area contributed by atoms with Gasteiger partial charge in [-0.05, 0) is 75.0 Å². The Morgan fingerprint density at radius 1 is 0.829 bits per heavy atom. The van der Waals surface area contributed by atoms with Crippen molar-refractivity contribution in [1.82, 2.24) is 20.9 Å². The van der Waals surface area contributed by atoms with Crippen molar-refractivity contribution in [2.45, 2.75) is 44.2 Å². The number of halogens is 1. The van der Waals surface area contributed by atoms with Crippen molar-refractivity contribution in [1.29, 1.82) is 0 Å². The summed E-state index contributed by atoms with van der Waals surface area (Å²) in [6, 6.07) is 11.4. The minimum atomic E-state index is -0.736. The van der Waals surface area contributed by atoms with E-state index in [9.17, 15) is 19.5 Å². The van der Waals surface area contributed by atoms with Gasteiger partial charge >= 0.3 is 0 Å². The number of hydrogen-bond acceptors (Lipinski definition) is 7. The Labute approximate surface area is 238 Å². The molecular weight excluding hydrogens is 525 g/mol. The highest BCUT2D eigenvalue weighted by Crippen LogP contribution is 2.32. The van der Waals surface area contributed by atoms with E-state index in [4.69, 9.17) is 0 Å². The normalized spacial score (nSPS) is 19.2. The molecule has 5 rings (SSSR count). The summed E-state index contributed by atoms with van der Waals surface area (Å²) in [7, 11) is 0. The van der Waals surface area contributed by atoms with E-state index in [1.54, 1.807) is 24.5 Å². The molecule has 0 aliphatic carbocycles. The summed E-state index contributed by atoms with van der Waals surface area (Å²) in [5.41, 5.74) is 0.908. The van der Waals surface area contributed by atoms with Gasteiger partial charge in [-0.2, -0.15) is 0 Å². The van der Waals surface area contributed by atoms with Crippen molar-refractivity contribution in [3.8, 4) is 5.75 Å². The molecule has 3 aromatic rings.